The number of nitrogens with zero attached hydrogens (tertiary/aromatic N) is 1. The standard InChI is InChI=1S/C12H17NO3S/c14-11-5-7-12(8-6-11)17(15,16)13-9-3-1-2-4-10-13/h5-8,14H,1-4,9-10H2. The molecule has 1 heterocycles. The Kier molecular flexibility index (Phi) is 3.69. The van der Waals surface area contributed by atoms with Crippen LogP contribution < -0.4 is 0 Å². The average Bonchev–Trinajstić information content (AvgIpc) is 2.58. The molecular weight excluding hydrogens is 238 g/mol. The van der Waals surface area contributed by atoms with Gasteiger partial charge in [-0.2, -0.15) is 4.31 Å². The smallest absolute Gasteiger partial charge is 0.243 e. The number of hydrogen-bond acceptors (Lipinski definition) is 3. The van der Waals surface area contributed by atoms with Crippen LogP contribution in [0.15, 0.2) is 29.2 Å². The van der Waals surface area contributed by atoms with E-state index >= 15 is 0 Å². The summed E-state index contributed by atoms with van der Waals surface area (Å²) >= 11 is 0. The first-order valence-electron chi connectivity index (χ1n) is 5.90. The molecule has 1 saturated heterocycles. The molecule has 0 bridgehead atoms. The lowest BCUT2D eigenvalue weighted by atomic mass is 10.2. The minimum absolute atomic E-state index is 0.0832. The van der Waals surface area contributed by atoms with E-state index in [1.807, 2.05) is 0 Å². The fourth-order valence-corrected chi connectivity index (χ4v) is 3.57. The van der Waals surface area contributed by atoms with E-state index in [-0.39, 0.29) is 10.6 Å². The van der Waals surface area contributed by atoms with Crippen LogP contribution in [0, 0.1) is 0 Å². The molecule has 1 N–H and O–H groups in total. The highest BCUT2D eigenvalue weighted by Gasteiger charge is 2.24. The summed E-state index contributed by atoms with van der Waals surface area (Å²) in [5.74, 6) is 0.0832. The van der Waals surface area contributed by atoms with Gasteiger partial charge in [-0.15, -0.1) is 0 Å². The Balaban J connectivity index is 2.25. The van der Waals surface area contributed by atoms with E-state index in [2.05, 4.69) is 0 Å². The van der Waals surface area contributed by atoms with Crippen LogP contribution in [0.4, 0.5) is 0 Å². The Bertz CT molecular complexity index is 459. The van der Waals surface area contributed by atoms with Crippen LogP contribution in [0.3, 0.4) is 0 Å². The molecular formula is C12H17NO3S. The zero-order valence-corrected chi connectivity index (χ0v) is 10.5. The van der Waals surface area contributed by atoms with Crippen LogP contribution in [0.1, 0.15) is 25.7 Å². The molecule has 4 nitrogen and oxygen atoms in total. The van der Waals surface area contributed by atoms with Gasteiger partial charge in [0.1, 0.15) is 5.75 Å². The molecule has 0 spiro atoms. The van der Waals surface area contributed by atoms with Gasteiger partial charge in [-0.1, -0.05) is 12.8 Å². The van der Waals surface area contributed by atoms with Crippen molar-refractivity contribution >= 4 is 10.0 Å². The largest absolute Gasteiger partial charge is 0.508 e. The van der Waals surface area contributed by atoms with E-state index in [9.17, 15) is 8.42 Å². The first-order valence-corrected chi connectivity index (χ1v) is 7.34. The maximum Gasteiger partial charge on any atom is 0.243 e. The molecule has 0 amide bonds. The van der Waals surface area contributed by atoms with E-state index in [4.69, 9.17) is 5.11 Å². The maximum atomic E-state index is 12.3. The number of hydrogen-bond donors (Lipinski definition) is 1. The van der Waals surface area contributed by atoms with Crippen LogP contribution in [0.5, 0.6) is 5.75 Å². The van der Waals surface area contributed by atoms with E-state index in [1.165, 1.54) is 24.3 Å². The van der Waals surface area contributed by atoms with Crippen molar-refractivity contribution in [3.63, 3.8) is 0 Å². The molecule has 1 fully saturated rings. The molecule has 0 atom stereocenters. The highest BCUT2D eigenvalue weighted by atomic mass is 32.2. The summed E-state index contributed by atoms with van der Waals surface area (Å²) in [5, 5.41) is 9.17. The molecule has 1 aliphatic rings. The molecule has 1 aromatic rings. The maximum absolute atomic E-state index is 12.3. The second-order valence-electron chi connectivity index (χ2n) is 4.31. The van der Waals surface area contributed by atoms with E-state index in [1.54, 1.807) is 4.31 Å². The third-order valence-corrected chi connectivity index (χ3v) is 4.95. The van der Waals surface area contributed by atoms with Gasteiger partial charge in [-0.25, -0.2) is 8.42 Å². The number of aromatic hydroxyl groups is 1. The van der Waals surface area contributed by atoms with Crippen molar-refractivity contribution in [1.29, 1.82) is 0 Å². The van der Waals surface area contributed by atoms with Crippen LogP contribution in [-0.4, -0.2) is 30.9 Å². The Morgan fingerprint density at radius 2 is 1.47 bits per heavy atom. The van der Waals surface area contributed by atoms with Crippen molar-refractivity contribution in [2.75, 3.05) is 13.1 Å². The molecule has 2 rings (SSSR count). The van der Waals surface area contributed by atoms with E-state index < -0.39 is 10.0 Å². The van der Waals surface area contributed by atoms with Crippen molar-refractivity contribution in [3.05, 3.63) is 24.3 Å². The SMILES string of the molecule is O=S(=O)(c1ccc(O)cc1)N1CCCCCC1. The van der Waals surface area contributed by atoms with Crippen molar-refractivity contribution in [2.45, 2.75) is 30.6 Å². The van der Waals surface area contributed by atoms with Gasteiger partial charge in [0, 0.05) is 13.1 Å². The van der Waals surface area contributed by atoms with Crippen molar-refractivity contribution in [3.8, 4) is 5.75 Å². The van der Waals surface area contributed by atoms with Gasteiger partial charge in [0.05, 0.1) is 4.90 Å². The molecule has 5 heteroatoms. The molecule has 94 valence electrons. The fourth-order valence-electron chi connectivity index (χ4n) is 2.05. The minimum atomic E-state index is -3.38. The van der Waals surface area contributed by atoms with Crippen LogP contribution >= 0.6 is 0 Å². The molecule has 0 aromatic heterocycles. The second kappa shape index (κ2) is 5.06. The van der Waals surface area contributed by atoms with Gasteiger partial charge < -0.3 is 5.11 Å². The Morgan fingerprint density at radius 3 is 2.00 bits per heavy atom. The fraction of sp³-hybridized carbons (Fsp3) is 0.500. The Labute approximate surface area is 102 Å². The third-order valence-electron chi connectivity index (χ3n) is 3.04. The van der Waals surface area contributed by atoms with Crippen molar-refractivity contribution in [2.24, 2.45) is 0 Å². The third kappa shape index (κ3) is 2.79. The van der Waals surface area contributed by atoms with Crippen molar-refractivity contribution in [1.82, 2.24) is 4.31 Å². The van der Waals surface area contributed by atoms with Gasteiger partial charge in [-0.05, 0) is 37.1 Å². The summed E-state index contributed by atoms with van der Waals surface area (Å²) in [5.41, 5.74) is 0. The summed E-state index contributed by atoms with van der Waals surface area (Å²) in [6.45, 7) is 1.20. The summed E-state index contributed by atoms with van der Waals surface area (Å²) in [6.07, 6.45) is 4.05. The van der Waals surface area contributed by atoms with Gasteiger partial charge in [0.15, 0.2) is 0 Å². The quantitative estimate of drug-likeness (QED) is 0.878. The molecule has 1 aromatic carbocycles. The Morgan fingerprint density at radius 1 is 0.941 bits per heavy atom. The number of benzene rings is 1. The lowest BCUT2D eigenvalue weighted by Crippen LogP contribution is -2.31. The second-order valence-corrected chi connectivity index (χ2v) is 6.25. The molecule has 17 heavy (non-hydrogen) atoms. The highest BCUT2D eigenvalue weighted by Crippen LogP contribution is 2.21. The first-order chi connectivity index (χ1) is 8.10. The lowest BCUT2D eigenvalue weighted by molar-refractivity contribution is 0.423. The molecule has 0 radical (unpaired) electrons. The highest BCUT2D eigenvalue weighted by molar-refractivity contribution is 7.89. The van der Waals surface area contributed by atoms with Crippen molar-refractivity contribution < 1.29 is 13.5 Å². The molecule has 0 saturated carbocycles. The average molecular weight is 255 g/mol. The first kappa shape index (κ1) is 12.4. The summed E-state index contributed by atoms with van der Waals surface area (Å²) < 4.78 is 26.1. The van der Waals surface area contributed by atoms with Crippen LogP contribution in [0.2, 0.25) is 0 Å². The topological polar surface area (TPSA) is 57.6 Å². The predicted octanol–water partition coefficient (Wildman–Crippen LogP) is 1.96. The van der Waals surface area contributed by atoms with E-state index in [0.717, 1.165) is 25.7 Å². The number of sulfonamides is 1. The number of phenols is 1. The minimum Gasteiger partial charge on any atom is -0.508 e. The zero-order chi connectivity index (χ0) is 12.3. The van der Waals surface area contributed by atoms with E-state index in [0.29, 0.717) is 13.1 Å². The Hall–Kier alpha value is -1.07. The van der Waals surface area contributed by atoms with Gasteiger partial charge in [-0.3, -0.25) is 0 Å². The molecule has 0 unspecified atom stereocenters. The summed E-state index contributed by atoms with van der Waals surface area (Å²) in [4.78, 5) is 0.261. The normalized spacial score (nSPS) is 18.8. The van der Waals surface area contributed by atoms with Gasteiger partial charge >= 0.3 is 0 Å². The van der Waals surface area contributed by atoms with Crippen LogP contribution in [-0.2, 0) is 10.0 Å². The molecule has 0 aliphatic carbocycles. The molecule has 1 aliphatic heterocycles. The summed E-state index contributed by atoms with van der Waals surface area (Å²) in [6, 6.07) is 5.72. The number of rotatable bonds is 2. The lowest BCUT2D eigenvalue weighted by Gasteiger charge is -2.19. The van der Waals surface area contributed by atoms with Gasteiger partial charge in [0.25, 0.3) is 0 Å². The summed E-state index contributed by atoms with van der Waals surface area (Å²) in [7, 11) is -3.38. The van der Waals surface area contributed by atoms with Crippen LogP contribution in [0.25, 0.3) is 0 Å². The predicted molar refractivity (Wildman–Crippen MR) is 65.3 cm³/mol. The number of phenolic OH excluding ortho intramolecular Hbond substituents is 1. The van der Waals surface area contributed by atoms with Gasteiger partial charge in [0.2, 0.25) is 10.0 Å². The zero-order valence-electron chi connectivity index (χ0n) is 9.67. The monoisotopic (exact) mass is 255 g/mol.